The molecule has 0 atom stereocenters. The van der Waals surface area contributed by atoms with Crippen LogP contribution >= 0.6 is 0 Å². The van der Waals surface area contributed by atoms with E-state index >= 15 is 0 Å². The fourth-order valence-electron chi connectivity index (χ4n) is 0. The summed E-state index contributed by atoms with van der Waals surface area (Å²) in [6.07, 6.45) is 0. The average molecular weight is 342 g/mol. The quantitative estimate of drug-likeness (QED) is 0.431. The van der Waals surface area contributed by atoms with Crippen molar-refractivity contribution in [1.29, 1.82) is 0 Å². The van der Waals surface area contributed by atoms with E-state index in [9.17, 15) is 0 Å². The van der Waals surface area contributed by atoms with Crippen LogP contribution in [0.5, 0.6) is 0 Å². The molecule has 0 saturated heterocycles. The molecule has 0 amide bonds. The van der Waals surface area contributed by atoms with Crippen LogP contribution in [0.2, 0.25) is 0 Å². The average Bonchev–Trinajstić information content (AvgIpc) is 0.722. The molecule has 2 radical (unpaired) electrons. The molecule has 0 aromatic heterocycles. The molecule has 0 heterocycles. The van der Waals surface area contributed by atoms with Crippen molar-refractivity contribution in [2.75, 3.05) is 0 Å². The topological polar surface area (TPSA) is 110 Å². The van der Waals surface area contributed by atoms with Crippen molar-refractivity contribution in [2.45, 2.75) is 0 Å². The Morgan fingerprint density at radius 3 is 1.14 bits per heavy atom. The van der Waals surface area contributed by atoms with E-state index in [4.69, 9.17) is 15.9 Å². The predicted molar refractivity (Wildman–Crippen MR) is 9.06 cm³/mol. The van der Waals surface area contributed by atoms with Gasteiger partial charge in [-0.1, -0.05) is 0 Å². The molecular formula is HBiCrO5. The van der Waals surface area contributed by atoms with Crippen LogP contribution in [-0.2, 0) is 21.2 Å². The maximum atomic E-state index is 8.59. The van der Waals surface area contributed by atoms with Crippen molar-refractivity contribution in [3.05, 3.63) is 0 Å². The molecule has 0 spiro atoms. The molecule has 7 heteroatoms. The molecule has 0 aliphatic rings. The van der Waals surface area contributed by atoms with Crippen molar-refractivity contribution in [2.24, 2.45) is 0 Å². The zero-order valence-electron chi connectivity index (χ0n) is 2.94. The number of hydrogen-bond donors (Lipinski definition) is 0. The van der Waals surface area contributed by atoms with Gasteiger partial charge in [0.2, 0.25) is 0 Å². The van der Waals surface area contributed by atoms with Crippen LogP contribution in [0.1, 0.15) is 0 Å². The summed E-state index contributed by atoms with van der Waals surface area (Å²) in [6.45, 7) is 0. The van der Waals surface area contributed by atoms with Crippen molar-refractivity contribution < 1.29 is 35.0 Å². The van der Waals surface area contributed by atoms with Crippen LogP contribution in [0.3, 0.4) is 0 Å². The van der Waals surface area contributed by atoms with Gasteiger partial charge in [0.1, 0.15) is 0 Å². The van der Waals surface area contributed by atoms with Gasteiger partial charge in [-0.15, -0.1) is 0 Å². The molecule has 0 aliphatic heterocycles. The minimum atomic E-state index is -5.75. The van der Waals surface area contributed by atoms with Gasteiger partial charge in [0, 0.05) is 0 Å². The molecule has 0 bridgehead atoms. The second kappa shape index (κ2) is 5.04. The van der Waals surface area contributed by atoms with Crippen LogP contribution < -0.4 is 8.32 Å². The second-order valence-corrected chi connectivity index (χ2v) is 1.68. The molecule has 5 nitrogen and oxygen atoms in total. The van der Waals surface area contributed by atoms with E-state index < -0.39 is 13.6 Å². The van der Waals surface area contributed by atoms with Gasteiger partial charge in [-0.2, -0.15) is 0 Å². The third-order valence-electron chi connectivity index (χ3n) is 0. The molecule has 0 aromatic rings. The predicted octanol–water partition coefficient (Wildman–Crippen LogP) is -3.18. The van der Waals surface area contributed by atoms with Gasteiger partial charge in [0.15, 0.2) is 0 Å². The molecule has 0 aromatic carbocycles. The van der Waals surface area contributed by atoms with Crippen molar-refractivity contribution >= 4 is 26.2 Å². The van der Waals surface area contributed by atoms with E-state index in [1.165, 1.54) is 0 Å². The van der Waals surface area contributed by atoms with Gasteiger partial charge >= 0.3 is 55.7 Å². The first-order valence-corrected chi connectivity index (χ1v) is 2.75. The Bertz CT molecular complexity index is 91.2. The van der Waals surface area contributed by atoms with Gasteiger partial charge < -0.3 is 5.48 Å². The fourth-order valence-corrected chi connectivity index (χ4v) is 0. The summed E-state index contributed by atoms with van der Waals surface area (Å²) in [4.78, 5) is 0. The summed E-state index contributed by atoms with van der Waals surface area (Å²) >= 11 is -5.75. The number of rotatable bonds is 0. The van der Waals surface area contributed by atoms with Gasteiger partial charge in [0.05, 0.1) is 0 Å². The molecular weight excluding hydrogens is 341 g/mol. The Labute approximate surface area is 61.2 Å². The van der Waals surface area contributed by atoms with Gasteiger partial charge in [0.25, 0.3) is 0 Å². The molecule has 42 valence electrons. The van der Waals surface area contributed by atoms with Crippen molar-refractivity contribution in [1.82, 2.24) is 0 Å². The molecule has 0 saturated carbocycles. The Hall–Kier alpha value is 0.896. The van der Waals surface area contributed by atoms with Crippen molar-refractivity contribution in [3.8, 4) is 0 Å². The second-order valence-electron chi connectivity index (χ2n) is 0.408. The van der Waals surface area contributed by atoms with Gasteiger partial charge in [-0.25, -0.2) is 0 Å². The third-order valence-corrected chi connectivity index (χ3v) is 0. The maximum absolute atomic E-state index is 8.59. The summed E-state index contributed by atoms with van der Waals surface area (Å²) in [5, 5.41) is 0. The van der Waals surface area contributed by atoms with Crippen LogP contribution in [-0.4, -0.2) is 31.7 Å². The van der Waals surface area contributed by atoms with E-state index in [0.717, 1.165) is 0 Å². The number of hydrogen-bond acceptors (Lipinski definition) is 5. The van der Waals surface area contributed by atoms with Gasteiger partial charge in [-0.3, -0.25) is 0 Å². The molecule has 7 heavy (non-hydrogen) atoms. The standard InChI is InChI=1S/Bi.Cr.H2O.4O/h;;1H2;;;;/q+3;;;;;2*-1/p-1. The Morgan fingerprint density at radius 1 is 1.14 bits per heavy atom. The SMILES string of the molecule is [Bi+3].[OH-].[O]=[Cr](=[O])([O-])[O-]. The molecule has 0 aliphatic carbocycles. The van der Waals surface area contributed by atoms with E-state index in [2.05, 4.69) is 0 Å². The van der Waals surface area contributed by atoms with E-state index in [1.807, 2.05) is 0 Å². The van der Waals surface area contributed by atoms with Crippen LogP contribution in [0.15, 0.2) is 0 Å². The first-order valence-electron chi connectivity index (χ1n) is 0.667. The van der Waals surface area contributed by atoms with Crippen LogP contribution in [0.25, 0.3) is 0 Å². The Kier molecular flexibility index (Phi) is 11.3. The zero-order chi connectivity index (χ0) is 4.50. The minimum absolute atomic E-state index is 0. The zero-order valence-corrected chi connectivity index (χ0v) is 7.69. The monoisotopic (exact) mass is 342 g/mol. The summed E-state index contributed by atoms with van der Waals surface area (Å²) in [5.74, 6) is 0. The summed E-state index contributed by atoms with van der Waals surface area (Å²) < 4.78 is 34.4. The normalized spacial score (nSPS) is 8.29. The first-order chi connectivity index (χ1) is 2.00. The van der Waals surface area contributed by atoms with Crippen LogP contribution in [0, 0.1) is 0 Å². The molecule has 1 N–H and O–H groups in total. The van der Waals surface area contributed by atoms with E-state index in [0.29, 0.717) is 0 Å². The summed E-state index contributed by atoms with van der Waals surface area (Å²) in [7, 11) is 0. The molecule has 0 rings (SSSR count). The van der Waals surface area contributed by atoms with E-state index in [1.54, 1.807) is 0 Å². The fraction of sp³-hybridized carbons (Fsp3) is 0. The third kappa shape index (κ3) is 206. The van der Waals surface area contributed by atoms with Gasteiger partial charge in [-0.05, 0) is 0 Å². The van der Waals surface area contributed by atoms with Crippen LogP contribution in [0.4, 0.5) is 0 Å². The first kappa shape index (κ1) is 15.7. The summed E-state index contributed by atoms with van der Waals surface area (Å²) in [5.41, 5.74) is 0. The Balaban J connectivity index is -0.0000000800. The molecule has 0 unspecified atom stereocenters. The van der Waals surface area contributed by atoms with E-state index in [-0.39, 0.29) is 31.7 Å². The summed E-state index contributed by atoms with van der Waals surface area (Å²) in [6, 6.07) is 0. The molecule has 0 fully saturated rings. The Morgan fingerprint density at radius 2 is 1.14 bits per heavy atom. The van der Waals surface area contributed by atoms with Crippen molar-refractivity contribution in [3.63, 3.8) is 0 Å².